The number of nitrogens with one attached hydrogen (secondary N) is 1. The lowest BCUT2D eigenvalue weighted by Gasteiger charge is -2.56. The summed E-state index contributed by atoms with van der Waals surface area (Å²) >= 11 is 6.40. The predicted molar refractivity (Wildman–Crippen MR) is 143 cm³/mol. The Morgan fingerprint density at radius 1 is 1.08 bits per heavy atom. The number of hydrogen-bond donors (Lipinski definition) is 1. The van der Waals surface area contributed by atoms with Crippen molar-refractivity contribution in [3.05, 3.63) is 70.6 Å². The molecule has 1 N–H and O–H groups in total. The van der Waals surface area contributed by atoms with E-state index in [0.717, 1.165) is 29.9 Å². The Morgan fingerprint density at radius 2 is 1.78 bits per heavy atom. The first kappa shape index (κ1) is 24.5. The van der Waals surface area contributed by atoms with Gasteiger partial charge in [0.05, 0.1) is 12.3 Å². The van der Waals surface area contributed by atoms with Gasteiger partial charge in [0, 0.05) is 17.8 Å². The smallest absolute Gasteiger partial charge is 0.315 e. The molecule has 2 aromatic heterocycles. The van der Waals surface area contributed by atoms with Crippen molar-refractivity contribution in [1.82, 2.24) is 14.7 Å². The molecule has 4 bridgehead atoms. The lowest BCUT2D eigenvalue weighted by atomic mass is 9.49. The fraction of sp³-hybridized carbons (Fsp3) is 0.500. The van der Waals surface area contributed by atoms with Gasteiger partial charge in [-0.3, -0.25) is 14.0 Å². The second-order valence-corrected chi connectivity index (χ2v) is 11.9. The second kappa shape index (κ2) is 9.79. The molecule has 37 heavy (non-hydrogen) atoms. The summed E-state index contributed by atoms with van der Waals surface area (Å²) in [6, 6.07) is 13.0. The van der Waals surface area contributed by atoms with E-state index in [4.69, 9.17) is 21.3 Å². The van der Waals surface area contributed by atoms with Crippen LogP contribution < -0.4 is 5.32 Å². The van der Waals surface area contributed by atoms with E-state index in [1.807, 2.05) is 42.5 Å². The number of pyridine rings is 1. The topological polar surface area (TPSA) is 72.7 Å². The van der Waals surface area contributed by atoms with Crippen molar-refractivity contribution in [3.8, 4) is 0 Å². The number of esters is 1. The van der Waals surface area contributed by atoms with Crippen molar-refractivity contribution >= 4 is 29.1 Å². The molecule has 4 saturated carbocycles. The molecule has 0 radical (unpaired) electrons. The van der Waals surface area contributed by atoms with Crippen LogP contribution in [0.2, 0.25) is 5.02 Å². The van der Waals surface area contributed by atoms with Gasteiger partial charge in [-0.05, 0) is 98.8 Å². The number of carbonyl (C=O) groups excluding carboxylic acids is 2. The van der Waals surface area contributed by atoms with Crippen LogP contribution in [0.25, 0.3) is 5.65 Å². The number of fused-ring (bicyclic) bond motifs is 1. The molecular formula is C30H34ClN3O3. The van der Waals surface area contributed by atoms with E-state index < -0.39 is 5.92 Å². The van der Waals surface area contributed by atoms with Crippen molar-refractivity contribution < 1.29 is 14.3 Å². The molecule has 1 unspecified atom stereocenters. The van der Waals surface area contributed by atoms with Crippen molar-refractivity contribution in [1.29, 1.82) is 0 Å². The minimum atomic E-state index is -0.623. The number of benzene rings is 1. The lowest BCUT2D eigenvalue weighted by Crippen LogP contribution is -2.51. The lowest BCUT2D eigenvalue weighted by molar-refractivity contribution is -0.145. The summed E-state index contributed by atoms with van der Waals surface area (Å²) in [6.45, 7) is 2.81. The Morgan fingerprint density at radius 3 is 2.46 bits per heavy atom. The molecule has 1 amide bonds. The molecule has 194 valence electrons. The van der Waals surface area contributed by atoms with Crippen LogP contribution in [-0.2, 0) is 16.0 Å². The van der Waals surface area contributed by atoms with E-state index in [1.165, 1.54) is 38.5 Å². The molecule has 0 saturated heterocycles. The van der Waals surface area contributed by atoms with Gasteiger partial charge in [0.25, 0.3) is 5.91 Å². The monoisotopic (exact) mass is 519 g/mol. The van der Waals surface area contributed by atoms with E-state index in [9.17, 15) is 9.59 Å². The van der Waals surface area contributed by atoms with Gasteiger partial charge in [-0.25, -0.2) is 4.98 Å². The highest BCUT2D eigenvalue weighted by molar-refractivity contribution is 6.31. The molecule has 6 nitrogen and oxygen atoms in total. The second-order valence-electron chi connectivity index (χ2n) is 11.5. The third-order valence-electron chi connectivity index (χ3n) is 8.84. The number of nitrogens with zero attached hydrogens (tertiary/aromatic N) is 2. The number of carbonyl (C=O) groups is 2. The third-order valence-corrected chi connectivity index (χ3v) is 9.21. The van der Waals surface area contributed by atoms with Gasteiger partial charge in [-0.15, -0.1) is 0 Å². The van der Waals surface area contributed by atoms with Crippen LogP contribution in [0.3, 0.4) is 0 Å². The summed E-state index contributed by atoms with van der Waals surface area (Å²) in [6.07, 6.45) is 10.1. The van der Waals surface area contributed by atoms with Crippen LogP contribution in [0.4, 0.5) is 0 Å². The first-order chi connectivity index (χ1) is 17.9. The van der Waals surface area contributed by atoms with Gasteiger partial charge in [0.2, 0.25) is 0 Å². The number of aromatic nitrogens is 2. The SMILES string of the molecule is CCOC(=O)C(Cc1ccccc1Cl)c1cn2c(C(=O)NCC34CC5CC(CC(C5)C3)C4)cccc2n1. The Bertz CT molecular complexity index is 1300. The zero-order chi connectivity index (χ0) is 25.6. The summed E-state index contributed by atoms with van der Waals surface area (Å²) in [5.41, 5.74) is 2.85. The molecule has 0 aliphatic heterocycles. The standard InChI is InChI=1S/C30H34ClN3O3/c1-2-37-29(36)23(13-22-6-3-4-7-24(22)31)25-17-34-26(8-5-9-27(34)33-25)28(35)32-18-30-14-19-10-20(15-30)12-21(11-19)16-30/h3-9,17,19-21,23H,2,10-16,18H2,1H3,(H,32,35). The van der Waals surface area contributed by atoms with Gasteiger partial charge in [0.1, 0.15) is 17.3 Å². The predicted octanol–water partition coefficient (Wildman–Crippen LogP) is 5.82. The average Bonchev–Trinajstić information content (AvgIpc) is 3.30. The summed E-state index contributed by atoms with van der Waals surface area (Å²) in [7, 11) is 0. The molecule has 4 fully saturated rings. The number of rotatable bonds is 8. The molecule has 4 aliphatic rings. The number of halogens is 1. The van der Waals surface area contributed by atoms with Crippen LogP contribution in [0.1, 0.15) is 73.1 Å². The van der Waals surface area contributed by atoms with Crippen molar-refractivity contribution in [2.75, 3.05) is 13.2 Å². The largest absolute Gasteiger partial charge is 0.465 e. The fourth-order valence-corrected chi connectivity index (χ4v) is 7.90. The van der Waals surface area contributed by atoms with Gasteiger partial charge in [0.15, 0.2) is 0 Å². The van der Waals surface area contributed by atoms with E-state index in [-0.39, 0.29) is 23.9 Å². The Labute approximate surface area is 222 Å². The molecule has 7 rings (SSSR count). The van der Waals surface area contributed by atoms with Gasteiger partial charge >= 0.3 is 5.97 Å². The molecule has 7 heteroatoms. The Kier molecular flexibility index (Phi) is 6.47. The maximum Gasteiger partial charge on any atom is 0.315 e. The quantitative estimate of drug-likeness (QED) is 0.380. The summed E-state index contributed by atoms with van der Waals surface area (Å²) in [4.78, 5) is 31.1. The first-order valence-electron chi connectivity index (χ1n) is 13.6. The molecule has 0 spiro atoms. The minimum absolute atomic E-state index is 0.0934. The number of amides is 1. The zero-order valence-electron chi connectivity index (χ0n) is 21.3. The molecule has 3 aromatic rings. The minimum Gasteiger partial charge on any atom is -0.465 e. The van der Waals surface area contributed by atoms with E-state index >= 15 is 0 Å². The van der Waals surface area contributed by atoms with Crippen molar-refractivity contribution in [2.45, 2.75) is 57.8 Å². The molecule has 4 aliphatic carbocycles. The van der Waals surface area contributed by atoms with Crippen LogP contribution in [-0.4, -0.2) is 34.4 Å². The van der Waals surface area contributed by atoms with E-state index in [1.54, 1.807) is 17.5 Å². The van der Waals surface area contributed by atoms with E-state index in [0.29, 0.717) is 28.5 Å². The number of hydrogen-bond acceptors (Lipinski definition) is 4. The van der Waals surface area contributed by atoms with Gasteiger partial charge < -0.3 is 10.1 Å². The maximum absolute atomic E-state index is 13.4. The molecule has 1 aromatic carbocycles. The van der Waals surface area contributed by atoms with Crippen LogP contribution in [0.5, 0.6) is 0 Å². The molecule has 1 atom stereocenters. The maximum atomic E-state index is 13.4. The fourth-order valence-electron chi connectivity index (χ4n) is 7.68. The van der Waals surface area contributed by atoms with Crippen molar-refractivity contribution in [2.24, 2.45) is 23.2 Å². The number of imidazole rings is 1. The van der Waals surface area contributed by atoms with Gasteiger partial charge in [-0.1, -0.05) is 35.9 Å². The molecular weight excluding hydrogens is 486 g/mol. The third kappa shape index (κ3) is 4.76. The Balaban J connectivity index is 1.25. The number of ether oxygens (including phenoxy) is 1. The van der Waals surface area contributed by atoms with Crippen LogP contribution in [0.15, 0.2) is 48.7 Å². The average molecular weight is 520 g/mol. The molecule has 2 heterocycles. The summed E-state index contributed by atoms with van der Waals surface area (Å²) < 4.78 is 7.18. The van der Waals surface area contributed by atoms with Gasteiger partial charge in [-0.2, -0.15) is 0 Å². The Hall–Kier alpha value is -2.86. The zero-order valence-corrected chi connectivity index (χ0v) is 22.0. The highest BCUT2D eigenvalue weighted by atomic mass is 35.5. The van der Waals surface area contributed by atoms with E-state index in [2.05, 4.69) is 5.32 Å². The summed E-state index contributed by atoms with van der Waals surface area (Å²) in [5, 5.41) is 3.88. The van der Waals surface area contributed by atoms with Crippen molar-refractivity contribution in [3.63, 3.8) is 0 Å². The summed E-state index contributed by atoms with van der Waals surface area (Å²) in [5.74, 6) is 1.48. The highest BCUT2D eigenvalue weighted by Crippen LogP contribution is 2.59. The normalized spacial score (nSPS) is 26.8. The first-order valence-corrected chi connectivity index (χ1v) is 14.0. The highest BCUT2D eigenvalue weighted by Gasteiger charge is 2.50. The van der Waals surface area contributed by atoms with Crippen LogP contribution in [0, 0.1) is 23.2 Å². The van der Waals surface area contributed by atoms with Crippen LogP contribution >= 0.6 is 11.6 Å².